The number of nitro groups is 1. The molecule has 0 fully saturated rings. The molecule has 2 aromatic carbocycles. The summed E-state index contributed by atoms with van der Waals surface area (Å²) in [5, 5.41) is 20.1. The summed E-state index contributed by atoms with van der Waals surface area (Å²) in [6.45, 7) is 1.83. The standard InChI is InChI=1S/C19H18ClN5O3S/c1-13(14-5-3-8-17(9-14)25(27)28)23(2)18(26)11-29-19-22-21-12-24(19)16-7-4-6-15(20)10-16/h3-10,12-13H,11H2,1-2H3/t13-/m1/s1. The molecule has 1 aromatic heterocycles. The highest BCUT2D eigenvalue weighted by Gasteiger charge is 2.20. The van der Waals surface area contributed by atoms with Gasteiger partial charge in [0.2, 0.25) is 5.91 Å². The number of halogens is 1. The molecule has 0 radical (unpaired) electrons. The fourth-order valence-electron chi connectivity index (χ4n) is 2.69. The van der Waals surface area contributed by atoms with Crippen molar-refractivity contribution in [2.45, 2.75) is 18.1 Å². The van der Waals surface area contributed by atoms with Crippen molar-refractivity contribution >= 4 is 35.0 Å². The lowest BCUT2D eigenvalue weighted by molar-refractivity contribution is -0.384. The van der Waals surface area contributed by atoms with Crippen LogP contribution in [0.5, 0.6) is 0 Å². The number of hydrogen-bond donors (Lipinski definition) is 0. The molecule has 0 aliphatic rings. The van der Waals surface area contributed by atoms with Crippen LogP contribution in [0.4, 0.5) is 5.69 Å². The number of thioether (sulfide) groups is 1. The van der Waals surface area contributed by atoms with Crippen molar-refractivity contribution in [1.82, 2.24) is 19.7 Å². The summed E-state index contributed by atoms with van der Waals surface area (Å²) in [4.78, 5) is 24.8. The van der Waals surface area contributed by atoms with Crippen LogP contribution >= 0.6 is 23.4 Å². The lowest BCUT2D eigenvalue weighted by Gasteiger charge is -2.25. The summed E-state index contributed by atoms with van der Waals surface area (Å²) in [6.07, 6.45) is 1.56. The van der Waals surface area contributed by atoms with Gasteiger partial charge in [-0.05, 0) is 30.7 Å². The van der Waals surface area contributed by atoms with Crippen LogP contribution in [0.2, 0.25) is 5.02 Å². The molecule has 3 aromatic rings. The third-order valence-electron chi connectivity index (χ3n) is 4.47. The van der Waals surface area contributed by atoms with Gasteiger partial charge in [-0.1, -0.05) is 41.6 Å². The first-order valence-corrected chi connectivity index (χ1v) is 10.0. The van der Waals surface area contributed by atoms with Crippen LogP contribution in [0.25, 0.3) is 5.69 Å². The zero-order chi connectivity index (χ0) is 21.0. The third kappa shape index (κ3) is 4.93. The number of carbonyl (C=O) groups is 1. The molecule has 3 rings (SSSR count). The first kappa shape index (κ1) is 20.8. The van der Waals surface area contributed by atoms with Gasteiger partial charge in [0.15, 0.2) is 5.16 Å². The summed E-state index contributed by atoms with van der Waals surface area (Å²) in [6, 6.07) is 13.2. The molecule has 1 heterocycles. The minimum atomic E-state index is -0.448. The maximum atomic E-state index is 12.7. The third-order valence-corrected chi connectivity index (χ3v) is 5.63. The first-order valence-electron chi connectivity index (χ1n) is 8.65. The lowest BCUT2D eigenvalue weighted by atomic mass is 10.1. The highest BCUT2D eigenvalue weighted by Crippen LogP contribution is 2.25. The number of non-ortho nitro benzene ring substituents is 1. The highest BCUT2D eigenvalue weighted by molar-refractivity contribution is 7.99. The Kier molecular flexibility index (Phi) is 6.50. The maximum absolute atomic E-state index is 12.7. The SMILES string of the molecule is C[C@H](c1cccc([N+](=O)[O-])c1)N(C)C(=O)CSc1nncn1-c1cccc(Cl)c1. The van der Waals surface area contributed by atoms with E-state index in [0.29, 0.717) is 15.7 Å². The monoisotopic (exact) mass is 431 g/mol. The van der Waals surface area contributed by atoms with Gasteiger partial charge in [-0.25, -0.2) is 0 Å². The number of nitro benzene ring substituents is 1. The Bertz CT molecular complexity index is 1040. The number of amides is 1. The van der Waals surface area contributed by atoms with Crippen LogP contribution in [0.1, 0.15) is 18.5 Å². The predicted octanol–water partition coefficient (Wildman–Crippen LogP) is 4.14. The fourth-order valence-corrected chi connectivity index (χ4v) is 3.73. The first-order chi connectivity index (χ1) is 13.9. The fraction of sp³-hybridized carbons (Fsp3) is 0.211. The second-order valence-electron chi connectivity index (χ2n) is 6.28. The molecule has 0 unspecified atom stereocenters. The van der Waals surface area contributed by atoms with E-state index in [-0.39, 0.29) is 23.4 Å². The van der Waals surface area contributed by atoms with Gasteiger partial charge in [0.05, 0.1) is 22.4 Å². The molecule has 1 amide bonds. The van der Waals surface area contributed by atoms with E-state index in [1.54, 1.807) is 47.1 Å². The van der Waals surface area contributed by atoms with E-state index < -0.39 is 4.92 Å². The molecule has 0 spiro atoms. The zero-order valence-electron chi connectivity index (χ0n) is 15.7. The Balaban J connectivity index is 1.68. The zero-order valence-corrected chi connectivity index (χ0v) is 17.3. The van der Waals surface area contributed by atoms with Crippen LogP contribution < -0.4 is 0 Å². The van der Waals surface area contributed by atoms with Gasteiger partial charge in [-0.15, -0.1) is 10.2 Å². The van der Waals surface area contributed by atoms with Gasteiger partial charge in [0, 0.05) is 24.2 Å². The van der Waals surface area contributed by atoms with Crippen molar-refractivity contribution in [3.8, 4) is 5.69 Å². The number of carbonyl (C=O) groups excluding carboxylic acids is 1. The Morgan fingerprint density at radius 2 is 2.07 bits per heavy atom. The Labute approximate surface area is 176 Å². The highest BCUT2D eigenvalue weighted by atomic mass is 35.5. The van der Waals surface area contributed by atoms with E-state index in [2.05, 4.69) is 10.2 Å². The van der Waals surface area contributed by atoms with Crippen molar-refractivity contribution in [3.63, 3.8) is 0 Å². The number of aromatic nitrogens is 3. The minimum absolute atomic E-state index is 0.000743. The van der Waals surface area contributed by atoms with Crippen molar-refractivity contribution in [3.05, 3.63) is 75.6 Å². The van der Waals surface area contributed by atoms with E-state index in [0.717, 1.165) is 5.69 Å². The molecule has 0 saturated heterocycles. The van der Waals surface area contributed by atoms with Gasteiger partial charge in [0.25, 0.3) is 5.69 Å². The minimum Gasteiger partial charge on any atom is -0.338 e. The maximum Gasteiger partial charge on any atom is 0.269 e. The van der Waals surface area contributed by atoms with Crippen LogP contribution in [0.15, 0.2) is 60.0 Å². The topological polar surface area (TPSA) is 94.2 Å². The molecular formula is C19H18ClN5O3S. The molecule has 0 aliphatic heterocycles. The molecule has 0 aliphatic carbocycles. The molecule has 0 N–H and O–H groups in total. The number of hydrogen-bond acceptors (Lipinski definition) is 6. The summed E-state index contributed by atoms with van der Waals surface area (Å²) in [5.74, 6) is 0.0179. The van der Waals surface area contributed by atoms with Crippen molar-refractivity contribution in [2.75, 3.05) is 12.8 Å². The van der Waals surface area contributed by atoms with Crippen LogP contribution in [0.3, 0.4) is 0 Å². The molecule has 10 heteroatoms. The van der Waals surface area contributed by atoms with Crippen LogP contribution in [0, 0.1) is 10.1 Å². The van der Waals surface area contributed by atoms with Gasteiger partial charge >= 0.3 is 0 Å². The molecular weight excluding hydrogens is 414 g/mol. The average molecular weight is 432 g/mol. The summed E-state index contributed by atoms with van der Waals surface area (Å²) >= 11 is 7.30. The molecule has 1 atom stereocenters. The second-order valence-corrected chi connectivity index (χ2v) is 7.66. The Morgan fingerprint density at radius 1 is 1.31 bits per heavy atom. The lowest BCUT2D eigenvalue weighted by Crippen LogP contribution is -2.31. The smallest absolute Gasteiger partial charge is 0.269 e. The summed E-state index contributed by atoms with van der Waals surface area (Å²) in [5.41, 5.74) is 1.50. The van der Waals surface area contributed by atoms with Crippen molar-refractivity contribution < 1.29 is 9.72 Å². The van der Waals surface area contributed by atoms with E-state index in [9.17, 15) is 14.9 Å². The predicted molar refractivity (Wildman–Crippen MR) is 111 cm³/mol. The molecule has 8 nitrogen and oxygen atoms in total. The number of rotatable bonds is 7. The van der Waals surface area contributed by atoms with E-state index in [1.165, 1.54) is 23.9 Å². The van der Waals surface area contributed by atoms with Crippen LogP contribution in [-0.4, -0.2) is 43.3 Å². The quantitative estimate of drug-likeness (QED) is 0.317. The average Bonchev–Trinajstić information content (AvgIpc) is 3.19. The largest absolute Gasteiger partial charge is 0.338 e. The Hall–Kier alpha value is -2.91. The Morgan fingerprint density at radius 3 is 2.79 bits per heavy atom. The molecule has 0 bridgehead atoms. The summed E-state index contributed by atoms with van der Waals surface area (Å²) < 4.78 is 1.76. The van der Waals surface area contributed by atoms with Crippen LogP contribution in [-0.2, 0) is 4.79 Å². The van der Waals surface area contributed by atoms with E-state index in [4.69, 9.17) is 11.6 Å². The van der Waals surface area contributed by atoms with E-state index >= 15 is 0 Å². The van der Waals surface area contributed by atoms with Crippen molar-refractivity contribution in [2.24, 2.45) is 0 Å². The second kappa shape index (κ2) is 9.06. The van der Waals surface area contributed by atoms with Gasteiger partial charge in [-0.3, -0.25) is 19.5 Å². The molecule has 150 valence electrons. The number of nitrogens with zero attached hydrogens (tertiary/aromatic N) is 5. The van der Waals surface area contributed by atoms with Crippen molar-refractivity contribution in [1.29, 1.82) is 0 Å². The molecule has 0 saturated carbocycles. The van der Waals surface area contributed by atoms with E-state index in [1.807, 2.05) is 19.1 Å². The number of benzene rings is 2. The van der Waals surface area contributed by atoms with Gasteiger partial charge in [-0.2, -0.15) is 0 Å². The summed E-state index contributed by atoms with van der Waals surface area (Å²) in [7, 11) is 1.67. The molecule has 29 heavy (non-hydrogen) atoms. The normalized spacial score (nSPS) is 11.8. The van der Waals surface area contributed by atoms with Gasteiger partial charge in [0.1, 0.15) is 6.33 Å². The van der Waals surface area contributed by atoms with Gasteiger partial charge < -0.3 is 4.90 Å².